The van der Waals surface area contributed by atoms with Gasteiger partial charge in [-0.05, 0) is 35.7 Å². The van der Waals surface area contributed by atoms with Gasteiger partial charge in [-0.25, -0.2) is 0 Å². The Morgan fingerprint density at radius 2 is 1.85 bits per heavy atom. The number of halogens is 1. The first-order chi connectivity index (χ1) is 15.7. The van der Waals surface area contributed by atoms with Gasteiger partial charge in [0, 0.05) is 58.2 Å². The van der Waals surface area contributed by atoms with E-state index in [1.165, 1.54) is 16.7 Å². The Labute approximate surface area is 213 Å². The average molecular weight is 563 g/mol. The monoisotopic (exact) mass is 563 g/mol. The second kappa shape index (κ2) is 14.5. The summed E-state index contributed by atoms with van der Waals surface area (Å²) in [5.41, 5.74) is 4.67. The first-order valence-electron chi connectivity index (χ1n) is 10.9. The summed E-state index contributed by atoms with van der Waals surface area (Å²) in [4.78, 5) is 4.36. The third-order valence-corrected chi connectivity index (χ3v) is 5.00. The van der Waals surface area contributed by atoms with E-state index in [0.717, 1.165) is 30.2 Å². The van der Waals surface area contributed by atoms with Gasteiger partial charge in [0.2, 0.25) is 0 Å². The van der Waals surface area contributed by atoms with Crippen molar-refractivity contribution in [3.8, 4) is 5.75 Å². The second-order valence-corrected chi connectivity index (χ2v) is 7.61. The standard InChI is InChI=1S/C25H33N5O2.HI/c1-20-9-10-23(24(15-20)32-14-6-13-31-3)18-28-25(26-2)27-17-21-7-4-8-22(16-21)19-30-12-5-11-29-30;/h4-5,7-12,15-16H,6,13-14,17-19H2,1-3H3,(H2,26,27,28);1H. The molecular weight excluding hydrogens is 529 g/mol. The van der Waals surface area contributed by atoms with Crippen molar-refractivity contribution in [3.05, 3.63) is 83.2 Å². The SMILES string of the molecule is CN=C(NCc1cccc(Cn2cccn2)c1)NCc1ccc(C)cc1OCCCOC.I. The molecule has 2 N–H and O–H groups in total. The molecule has 2 aromatic carbocycles. The number of methoxy groups -OCH3 is 1. The number of rotatable bonds is 11. The molecule has 1 aromatic heterocycles. The number of aromatic nitrogens is 2. The van der Waals surface area contributed by atoms with E-state index < -0.39 is 0 Å². The lowest BCUT2D eigenvalue weighted by atomic mass is 10.1. The molecule has 0 saturated heterocycles. The van der Waals surface area contributed by atoms with Gasteiger partial charge in [-0.15, -0.1) is 24.0 Å². The fourth-order valence-corrected chi connectivity index (χ4v) is 3.33. The summed E-state index contributed by atoms with van der Waals surface area (Å²) in [6.45, 7) is 5.46. The molecular formula is C25H34IN5O2. The van der Waals surface area contributed by atoms with Crippen LogP contribution < -0.4 is 15.4 Å². The van der Waals surface area contributed by atoms with Crippen LogP contribution >= 0.6 is 24.0 Å². The van der Waals surface area contributed by atoms with Gasteiger partial charge in [0.15, 0.2) is 5.96 Å². The van der Waals surface area contributed by atoms with Gasteiger partial charge < -0.3 is 20.1 Å². The highest BCUT2D eigenvalue weighted by molar-refractivity contribution is 14.0. The van der Waals surface area contributed by atoms with Crippen molar-refractivity contribution in [3.63, 3.8) is 0 Å². The van der Waals surface area contributed by atoms with Crippen molar-refractivity contribution in [1.82, 2.24) is 20.4 Å². The fraction of sp³-hybridized carbons (Fsp3) is 0.360. The maximum Gasteiger partial charge on any atom is 0.191 e. The van der Waals surface area contributed by atoms with Crippen molar-refractivity contribution >= 4 is 29.9 Å². The van der Waals surface area contributed by atoms with E-state index in [0.29, 0.717) is 26.3 Å². The molecule has 7 nitrogen and oxygen atoms in total. The highest BCUT2D eigenvalue weighted by Gasteiger charge is 2.07. The number of aliphatic imine (C=N–C) groups is 1. The third-order valence-electron chi connectivity index (χ3n) is 5.00. The molecule has 0 aliphatic heterocycles. The Hall–Kier alpha value is -2.59. The van der Waals surface area contributed by atoms with Crippen LogP contribution in [0.2, 0.25) is 0 Å². The van der Waals surface area contributed by atoms with E-state index in [4.69, 9.17) is 9.47 Å². The van der Waals surface area contributed by atoms with Crippen molar-refractivity contribution in [2.45, 2.75) is 33.0 Å². The molecule has 0 bridgehead atoms. The van der Waals surface area contributed by atoms with E-state index in [1.54, 1.807) is 20.4 Å². The van der Waals surface area contributed by atoms with Crippen LogP contribution in [-0.2, 0) is 24.4 Å². The number of benzene rings is 2. The molecule has 8 heteroatoms. The number of nitrogens with zero attached hydrogens (tertiary/aromatic N) is 3. The average Bonchev–Trinajstić information content (AvgIpc) is 3.31. The Bertz CT molecular complexity index is 992. The topological polar surface area (TPSA) is 72.7 Å². The maximum absolute atomic E-state index is 5.98. The minimum absolute atomic E-state index is 0. The molecule has 0 amide bonds. The minimum atomic E-state index is 0. The van der Waals surface area contributed by atoms with Crippen LogP contribution in [-0.4, -0.2) is 43.1 Å². The van der Waals surface area contributed by atoms with Gasteiger partial charge in [-0.3, -0.25) is 9.67 Å². The summed E-state index contributed by atoms with van der Waals surface area (Å²) < 4.78 is 13.0. The molecule has 0 aliphatic carbocycles. The van der Waals surface area contributed by atoms with Gasteiger partial charge in [-0.2, -0.15) is 5.10 Å². The first-order valence-corrected chi connectivity index (χ1v) is 10.9. The third kappa shape index (κ3) is 9.05. The van der Waals surface area contributed by atoms with Crippen molar-refractivity contribution in [2.75, 3.05) is 27.4 Å². The summed E-state index contributed by atoms with van der Waals surface area (Å²) in [6.07, 6.45) is 4.63. The Morgan fingerprint density at radius 3 is 2.61 bits per heavy atom. The lowest BCUT2D eigenvalue weighted by Gasteiger charge is -2.16. The van der Waals surface area contributed by atoms with E-state index >= 15 is 0 Å². The molecule has 0 saturated carbocycles. The van der Waals surface area contributed by atoms with Gasteiger partial charge in [-0.1, -0.05) is 36.4 Å². The molecule has 0 spiro atoms. The Morgan fingerprint density at radius 1 is 1.03 bits per heavy atom. The Kier molecular flexibility index (Phi) is 11.7. The predicted molar refractivity (Wildman–Crippen MR) is 143 cm³/mol. The number of guanidine groups is 1. The highest BCUT2D eigenvalue weighted by Crippen LogP contribution is 2.20. The summed E-state index contributed by atoms with van der Waals surface area (Å²) in [5, 5.41) is 11.1. The summed E-state index contributed by atoms with van der Waals surface area (Å²) >= 11 is 0. The van der Waals surface area contributed by atoms with E-state index in [2.05, 4.69) is 70.1 Å². The van der Waals surface area contributed by atoms with Crippen molar-refractivity contribution < 1.29 is 9.47 Å². The van der Waals surface area contributed by atoms with Crippen LogP contribution in [0.1, 0.15) is 28.7 Å². The number of hydrogen-bond acceptors (Lipinski definition) is 4. The first kappa shape index (κ1) is 26.7. The zero-order valence-corrected chi connectivity index (χ0v) is 21.9. The summed E-state index contributed by atoms with van der Waals surface area (Å²) in [5.74, 6) is 1.64. The maximum atomic E-state index is 5.98. The van der Waals surface area contributed by atoms with Crippen molar-refractivity contribution in [1.29, 1.82) is 0 Å². The van der Waals surface area contributed by atoms with Gasteiger partial charge in [0.25, 0.3) is 0 Å². The lowest BCUT2D eigenvalue weighted by Crippen LogP contribution is -2.36. The number of nitrogens with one attached hydrogen (secondary N) is 2. The fourth-order valence-electron chi connectivity index (χ4n) is 3.33. The quantitative estimate of drug-likeness (QED) is 0.159. The van der Waals surface area contributed by atoms with Crippen LogP contribution in [0, 0.1) is 6.92 Å². The largest absolute Gasteiger partial charge is 0.493 e. The van der Waals surface area contributed by atoms with Crippen LogP contribution in [0.3, 0.4) is 0 Å². The lowest BCUT2D eigenvalue weighted by molar-refractivity contribution is 0.171. The van der Waals surface area contributed by atoms with Crippen molar-refractivity contribution in [2.24, 2.45) is 4.99 Å². The Balaban J connectivity index is 0.00000385. The van der Waals surface area contributed by atoms with Gasteiger partial charge in [0.05, 0.1) is 13.2 Å². The predicted octanol–water partition coefficient (Wildman–Crippen LogP) is 4.14. The molecule has 0 aliphatic rings. The molecule has 0 fully saturated rings. The molecule has 33 heavy (non-hydrogen) atoms. The molecule has 1 heterocycles. The van der Waals surface area contributed by atoms with E-state index in [1.807, 2.05) is 16.9 Å². The molecule has 178 valence electrons. The zero-order valence-electron chi connectivity index (χ0n) is 19.6. The van der Waals surface area contributed by atoms with Crippen LogP contribution in [0.25, 0.3) is 0 Å². The second-order valence-electron chi connectivity index (χ2n) is 7.61. The van der Waals surface area contributed by atoms with E-state index in [9.17, 15) is 0 Å². The highest BCUT2D eigenvalue weighted by atomic mass is 127. The van der Waals surface area contributed by atoms with E-state index in [-0.39, 0.29) is 24.0 Å². The molecule has 0 atom stereocenters. The van der Waals surface area contributed by atoms with Crippen LogP contribution in [0.5, 0.6) is 5.75 Å². The van der Waals surface area contributed by atoms with Crippen LogP contribution in [0.4, 0.5) is 0 Å². The molecule has 3 aromatic rings. The summed E-state index contributed by atoms with van der Waals surface area (Å²) in [7, 11) is 3.48. The summed E-state index contributed by atoms with van der Waals surface area (Å²) in [6, 6.07) is 16.7. The van der Waals surface area contributed by atoms with Gasteiger partial charge in [0.1, 0.15) is 5.75 Å². The number of ether oxygens (including phenoxy) is 2. The smallest absolute Gasteiger partial charge is 0.191 e. The number of hydrogen-bond donors (Lipinski definition) is 2. The van der Waals surface area contributed by atoms with Crippen LogP contribution in [0.15, 0.2) is 65.9 Å². The molecule has 0 unspecified atom stereocenters. The van der Waals surface area contributed by atoms with Gasteiger partial charge >= 0.3 is 0 Å². The zero-order chi connectivity index (χ0) is 22.6. The minimum Gasteiger partial charge on any atom is -0.493 e. The number of aryl methyl sites for hydroxylation is 1. The molecule has 3 rings (SSSR count). The molecule has 0 radical (unpaired) electrons. The normalized spacial score (nSPS) is 11.1.